The van der Waals surface area contributed by atoms with Crippen molar-refractivity contribution in [1.29, 1.82) is 0 Å². The third-order valence-corrected chi connectivity index (χ3v) is 2.85. The van der Waals surface area contributed by atoms with Crippen molar-refractivity contribution in [2.24, 2.45) is 5.73 Å². The molecule has 0 fully saturated rings. The maximum absolute atomic E-state index is 10.6. The van der Waals surface area contributed by atoms with Crippen LogP contribution >= 0.6 is 0 Å². The Morgan fingerprint density at radius 1 is 1.37 bits per heavy atom. The van der Waals surface area contributed by atoms with E-state index >= 15 is 0 Å². The van der Waals surface area contributed by atoms with Gasteiger partial charge in [-0.3, -0.25) is 4.79 Å². The van der Waals surface area contributed by atoms with Gasteiger partial charge in [-0.25, -0.2) is 0 Å². The number of rotatable bonds is 5. The minimum absolute atomic E-state index is 0.365. The van der Waals surface area contributed by atoms with Gasteiger partial charge >= 0.3 is 5.97 Å². The van der Waals surface area contributed by atoms with E-state index in [2.05, 4.69) is 5.32 Å². The molecule has 2 rings (SSSR count). The second kappa shape index (κ2) is 6.29. The number of benzene rings is 1. The number of carbonyl (C=O) groups is 1. The lowest BCUT2D eigenvalue weighted by Gasteiger charge is -2.12. The molecule has 6 heteroatoms. The van der Waals surface area contributed by atoms with Crippen LogP contribution in [-0.2, 0) is 4.79 Å². The highest BCUT2D eigenvalue weighted by atomic mass is 16.5. The molecule has 0 bridgehead atoms. The van der Waals surface area contributed by atoms with Gasteiger partial charge in [0.05, 0.1) is 13.2 Å². The molecule has 0 amide bonds. The summed E-state index contributed by atoms with van der Waals surface area (Å²) in [5.41, 5.74) is 6.29. The Labute approximate surface area is 111 Å². The predicted molar refractivity (Wildman–Crippen MR) is 70.8 cm³/mol. The van der Waals surface area contributed by atoms with Crippen LogP contribution in [0.1, 0.15) is 12.8 Å². The molecule has 1 unspecified atom stereocenters. The van der Waals surface area contributed by atoms with Crippen molar-refractivity contribution in [3.8, 4) is 11.5 Å². The summed E-state index contributed by atoms with van der Waals surface area (Å²) >= 11 is 0. The minimum Gasteiger partial charge on any atom is -0.490 e. The van der Waals surface area contributed by atoms with Crippen LogP contribution in [0.25, 0.3) is 0 Å². The molecule has 1 aliphatic heterocycles. The maximum Gasteiger partial charge on any atom is 0.320 e. The molecule has 1 aliphatic rings. The molecule has 0 spiro atoms. The van der Waals surface area contributed by atoms with Crippen LogP contribution in [-0.4, -0.2) is 36.9 Å². The molecule has 19 heavy (non-hydrogen) atoms. The normalized spacial score (nSPS) is 15.4. The van der Waals surface area contributed by atoms with Crippen molar-refractivity contribution < 1.29 is 19.4 Å². The van der Waals surface area contributed by atoms with E-state index in [9.17, 15) is 4.79 Å². The summed E-state index contributed by atoms with van der Waals surface area (Å²) in [5, 5.41) is 11.8. The van der Waals surface area contributed by atoms with E-state index in [0.29, 0.717) is 31.9 Å². The van der Waals surface area contributed by atoms with E-state index in [1.807, 2.05) is 18.2 Å². The van der Waals surface area contributed by atoms with Crippen molar-refractivity contribution in [1.82, 2.24) is 0 Å². The number of nitrogens with one attached hydrogen (secondary N) is 1. The van der Waals surface area contributed by atoms with Gasteiger partial charge in [0.1, 0.15) is 6.04 Å². The monoisotopic (exact) mass is 266 g/mol. The largest absolute Gasteiger partial charge is 0.490 e. The molecule has 104 valence electrons. The summed E-state index contributed by atoms with van der Waals surface area (Å²) in [6, 6.07) is 4.74. The van der Waals surface area contributed by atoms with Crippen LogP contribution in [0, 0.1) is 0 Å². The Balaban J connectivity index is 1.91. The average molecular weight is 266 g/mol. The van der Waals surface area contributed by atoms with Crippen LogP contribution in [0.4, 0.5) is 5.69 Å². The van der Waals surface area contributed by atoms with Crippen molar-refractivity contribution >= 4 is 11.7 Å². The van der Waals surface area contributed by atoms with Gasteiger partial charge in [-0.1, -0.05) is 0 Å². The number of anilines is 1. The number of carboxylic acid groups (broad SMARTS) is 1. The smallest absolute Gasteiger partial charge is 0.320 e. The molecule has 1 aromatic rings. The summed E-state index contributed by atoms with van der Waals surface area (Å²) < 4.78 is 11.1. The van der Waals surface area contributed by atoms with Crippen LogP contribution in [0.3, 0.4) is 0 Å². The lowest BCUT2D eigenvalue weighted by Crippen LogP contribution is -2.32. The van der Waals surface area contributed by atoms with Crippen molar-refractivity contribution in [2.75, 3.05) is 25.1 Å². The fraction of sp³-hybridized carbons (Fsp3) is 0.462. The molecule has 1 heterocycles. The number of hydrogen-bond donors (Lipinski definition) is 3. The number of nitrogens with two attached hydrogens (primary N) is 1. The van der Waals surface area contributed by atoms with Crippen molar-refractivity contribution in [2.45, 2.75) is 18.9 Å². The average Bonchev–Trinajstić information content (AvgIpc) is 2.63. The molecule has 0 aromatic heterocycles. The quantitative estimate of drug-likeness (QED) is 0.738. The van der Waals surface area contributed by atoms with E-state index in [4.69, 9.17) is 20.3 Å². The highest BCUT2D eigenvalue weighted by Crippen LogP contribution is 2.32. The van der Waals surface area contributed by atoms with Crippen LogP contribution in [0.15, 0.2) is 18.2 Å². The van der Waals surface area contributed by atoms with E-state index in [0.717, 1.165) is 17.9 Å². The second-order valence-electron chi connectivity index (χ2n) is 4.37. The summed E-state index contributed by atoms with van der Waals surface area (Å²) in [6.07, 6.45) is 1.23. The molecule has 1 aromatic carbocycles. The fourth-order valence-corrected chi connectivity index (χ4v) is 1.77. The molecular weight excluding hydrogens is 248 g/mol. The summed E-state index contributed by atoms with van der Waals surface area (Å²) in [5.74, 6) is 0.468. The molecular formula is C13H18N2O4. The number of hydrogen-bond acceptors (Lipinski definition) is 5. The molecule has 0 aliphatic carbocycles. The highest BCUT2D eigenvalue weighted by molar-refractivity contribution is 5.73. The van der Waals surface area contributed by atoms with Gasteiger partial charge in [-0.05, 0) is 18.6 Å². The van der Waals surface area contributed by atoms with Gasteiger partial charge < -0.3 is 25.6 Å². The SMILES string of the molecule is NC(CCNc1ccc2c(c1)OCCCO2)C(=O)O. The zero-order valence-electron chi connectivity index (χ0n) is 10.6. The van der Waals surface area contributed by atoms with Gasteiger partial charge in [0.2, 0.25) is 0 Å². The molecule has 1 atom stereocenters. The maximum atomic E-state index is 10.6. The van der Waals surface area contributed by atoms with Gasteiger partial charge in [0, 0.05) is 24.7 Å². The number of aliphatic carboxylic acids is 1. The van der Waals surface area contributed by atoms with E-state index in [1.54, 1.807) is 0 Å². The zero-order valence-corrected chi connectivity index (χ0v) is 10.6. The predicted octanol–water partition coefficient (Wildman–Crippen LogP) is 1.06. The van der Waals surface area contributed by atoms with E-state index in [-0.39, 0.29) is 0 Å². The Morgan fingerprint density at radius 3 is 2.84 bits per heavy atom. The lowest BCUT2D eigenvalue weighted by atomic mass is 10.2. The molecule has 0 saturated heterocycles. The third kappa shape index (κ3) is 3.75. The molecule has 6 nitrogen and oxygen atoms in total. The van der Waals surface area contributed by atoms with Gasteiger partial charge in [-0.2, -0.15) is 0 Å². The first-order chi connectivity index (χ1) is 9.16. The number of carboxylic acids is 1. The Hall–Kier alpha value is -1.95. The standard InChI is InChI=1S/C13H18N2O4/c14-10(13(16)17)4-5-15-9-2-3-11-12(8-9)19-7-1-6-18-11/h2-3,8,10,15H,1,4-7,14H2,(H,16,17). The molecule has 4 N–H and O–H groups in total. The Bertz CT molecular complexity index is 450. The number of fused-ring (bicyclic) bond motifs is 1. The number of ether oxygens (including phenoxy) is 2. The molecule has 0 radical (unpaired) electrons. The first-order valence-electron chi connectivity index (χ1n) is 6.29. The second-order valence-corrected chi connectivity index (χ2v) is 4.37. The Kier molecular flexibility index (Phi) is 4.46. The van der Waals surface area contributed by atoms with Crippen molar-refractivity contribution in [3.05, 3.63) is 18.2 Å². The van der Waals surface area contributed by atoms with Crippen molar-refractivity contribution in [3.63, 3.8) is 0 Å². The lowest BCUT2D eigenvalue weighted by molar-refractivity contribution is -0.138. The first kappa shape index (κ1) is 13.5. The van der Waals surface area contributed by atoms with Crippen LogP contribution < -0.4 is 20.5 Å². The van der Waals surface area contributed by atoms with Crippen LogP contribution in [0.2, 0.25) is 0 Å². The van der Waals surface area contributed by atoms with Gasteiger partial charge in [0.15, 0.2) is 11.5 Å². The minimum atomic E-state index is -0.986. The third-order valence-electron chi connectivity index (χ3n) is 2.85. The zero-order chi connectivity index (χ0) is 13.7. The Morgan fingerprint density at radius 2 is 2.11 bits per heavy atom. The van der Waals surface area contributed by atoms with E-state index < -0.39 is 12.0 Å². The summed E-state index contributed by atoms with van der Waals surface area (Å²) in [7, 11) is 0. The summed E-state index contributed by atoms with van der Waals surface area (Å²) in [4.78, 5) is 10.6. The van der Waals surface area contributed by atoms with E-state index in [1.165, 1.54) is 0 Å². The fourth-order valence-electron chi connectivity index (χ4n) is 1.77. The van der Waals surface area contributed by atoms with Gasteiger partial charge in [-0.15, -0.1) is 0 Å². The first-order valence-corrected chi connectivity index (χ1v) is 6.29. The summed E-state index contributed by atoms with van der Waals surface area (Å²) in [6.45, 7) is 1.79. The highest BCUT2D eigenvalue weighted by Gasteiger charge is 2.12. The van der Waals surface area contributed by atoms with Crippen LogP contribution in [0.5, 0.6) is 11.5 Å². The van der Waals surface area contributed by atoms with Gasteiger partial charge in [0.25, 0.3) is 0 Å². The topological polar surface area (TPSA) is 93.8 Å². The molecule has 0 saturated carbocycles.